The Hall–Kier alpha value is -1.30. The fourth-order valence-corrected chi connectivity index (χ4v) is 5.74. The van der Waals surface area contributed by atoms with E-state index >= 15 is 0 Å². The van der Waals surface area contributed by atoms with Crippen molar-refractivity contribution in [2.24, 2.45) is 0 Å². The fourth-order valence-electron chi connectivity index (χ4n) is 5.74. The Kier molecular flexibility index (Phi) is 39.7. The van der Waals surface area contributed by atoms with E-state index in [0.717, 1.165) is 76.8 Å². The molecule has 0 heterocycles. The van der Waals surface area contributed by atoms with Crippen molar-refractivity contribution in [2.45, 2.75) is 219 Å². The van der Waals surface area contributed by atoms with Crippen LogP contribution < -0.4 is 0 Å². The molecular formula is C42H78O5. The molecule has 0 aliphatic carbocycles. The molecular weight excluding hydrogens is 584 g/mol. The summed E-state index contributed by atoms with van der Waals surface area (Å²) in [5.74, 6) is 0. The predicted molar refractivity (Wildman–Crippen MR) is 201 cm³/mol. The molecule has 0 aliphatic rings. The molecule has 2 unspecified atom stereocenters. The van der Waals surface area contributed by atoms with Gasteiger partial charge in [-0.1, -0.05) is 154 Å². The molecule has 276 valence electrons. The van der Waals surface area contributed by atoms with Gasteiger partial charge >= 0.3 is 0 Å². The monoisotopic (exact) mass is 663 g/mol. The molecule has 2 atom stereocenters. The zero-order chi connectivity index (χ0) is 34.1. The second-order valence-electron chi connectivity index (χ2n) is 13.4. The second-order valence-corrected chi connectivity index (χ2v) is 13.4. The van der Waals surface area contributed by atoms with E-state index in [4.69, 9.17) is 14.2 Å². The van der Waals surface area contributed by atoms with Crippen molar-refractivity contribution in [3.8, 4) is 0 Å². The van der Waals surface area contributed by atoms with Crippen LogP contribution >= 0.6 is 0 Å². The molecule has 0 spiro atoms. The summed E-state index contributed by atoms with van der Waals surface area (Å²) in [6.07, 6.45) is 45.1. The highest BCUT2D eigenvalue weighted by molar-refractivity contribution is 5.49. The van der Waals surface area contributed by atoms with Crippen molar-refractivity contribution < 1.29 is 23.8 Å². The van der Waals surface area contributed by atoms with Gasteiger partial charge in [0.1, 0.15) is 12.6 Å². The predicted octanol–water partition coefficient (Wildman–Crippen LogP) is 12.9. The third kappa shape index (κ3) is 37.4. The van der Waals surface area contributed by atoms with Crippen molar-refractivity contribution in [2.75, 3.05) is 13.2 Å². The standard InChI is InChI=1S/C42H78O5/c1-3-5-7-9-11-21-27-33-39-45-41(35-29-23-17-13-15-19-25-31-37-43)47-42(36-30-24-18-14-16-20-26-32-38-44)46-40-34-28-22-12-10-8-6-4-2/h29-30,35-38,41-42H,3-28,31-34,39-40H2,1-2H3. The van der Waals surface area contributed by atoms with Crippen molar-refractivity contribution in [1.82, 2.24) is 0 Å². The molecule has 0 aromatic heterocycles. The molecule has 0 N–H and O–H groups in total. The number of carbonyl (C=O) groups excluding carboxylic acids is 2. The van der Waals surface area contributed by atoms with Gasteiger partial charge in [0.15, 0.2) is 12.6 Å². The van der Waals surface area contributed by atoms with Crippen LogP contribution in [0.1, 0.15) is 206 Å². The number of hydrogen-bond acceptors (Lipinski definition) is 5. The maximum absolute atomic E-state index is 10.5. The van der Waals surface area contributed by atoms with E-state index in [1.165, 1.54) is 116 Å². The van der Waals surface area contributed by atoms with E-state index in [2.05, 4.69) is 38.2 Å². The first-order valence-corrected chi connectivity index (χ1v) is 20.4. The van der Waals surface area contributed by atoms with Crippen LogP contribution in [0, 0.1) is 0 Å². The van der Waals surface area contributed by atoms with Crippen molar-refractivity contribution >= 4 is 12.6 Å². The van der Waals surface area contributed by atoms with E-state index in [0.29, 0.717) is 26.1 Å². The van der Waals surface area contributed by atoms with Gasteiger partial charge in [0, 0.05) is 12.8 Å². The maximum atomic E-state index is 10.5. The van der Waals surface area contributed by atoms with Gasteiger partial charge in [-0.25, -0.2) is 0 Å². The molecule has 0 aliphatic heterocycles. The molecule has 0 aromatic carbocycles. The van der Waals surface area contributed by atoms with Gasteiger partial charge in [0.2, 0.25) is 0 Å². The van der Waals surface area contributed by atoms with Crippen LogP contribution in [0.3, 0.4) is 0 Å². The highest BCUT2D eigenvalue weighted by Crippen LogP contribution is 2.15. The smallest absolute Gasteiger partial charge is 0.180 e. The van der Waals surface area contributed by atoms with Crippen LogP contribution in [-0.2, 0) is 23.8 Å². The number of aldehydes is 2. The van der Waals surface area contributed by atoms with E-state index in [1.54, 1.807) is 0 Å². The normalized spacial score (nSPS) is 13.1. The van der Waals surface area contributed by atoms with Gasteiger partial charge in [0.25, 0.3) is 0 Å². The minimum absolute atomic E-state index is 0.404. The van der Waals surface area contributed by atoms with Gasteiger partial charge in [-0.3, -0.25) is 0 Å². The second kappa shape index (κ2) is 40.9. The maximum Gasteiger partial charge on any atom is 0.180 e. The van der Waals surface area contributed by atoms with Gasteiger partial charge in [-0.15, -0.1) is 0 Å². The molecule has 0 rings (SSSR count). The van der Waals surface area contributed by atoms with E-state index in [-0.39, 0.29) is 0 Å². The highest BCUT2D eigenvalue weighted by Gasteiger charge is 2.13. The first-order valence-electron chi connectivity index (χ1n) is 20.4. The number of unbranched alkanes of at least 4 members (excludes halogenated alkanes) is 26. The number of allylic oxidation sites excluding steroid dienone is 2. The number of carbonyl (C=O) groups is 2. The Labute approximate surface area is 292 Å². The zero-order valence-electron chi connectivity index (χ0n) is 31.3. The first kappa shape index (κ1) is 45.7. The summed E-state index contributed by atoms with van der Waals surface area (Å²) >= 11 is 0. The first-order chi connectivity index (χ1) is 23.3. The van der Waals surface area contributed by atoms with Crippen LogP contribution in [0.4, 0.5) is 0 Å². The molecule has 0 radical (unpaired) electrons. The summed E-state index contributed by atoms with van der Waals surface area (Å²) in [5, 5.41) is 0. The van der Waals surface area contributed by atoms with E-state index in [1.807, 2.05) is 0 Å². The molecule has 0 bridgehead atoms. The molecule has 0 saturated heterocycles. The highest BCUT2D eigenvalue weighted by atomic mass is 16.8. The quantitative estimate of drug-likeness (QED) is 0.0283. The molecule has 5 nitrogen and oxygen atoms in total. The van der Waals surface area contributed by atoms with Crippen molar-refractivity contribution in [3.05, 3.63) is 24.3 Å². The topological polar surface area (TPSA) is 61.8 Å². The van der Waals surface area contributed by atoms with Crippen LogP contribution in [0.15, 0.2) is 24.3 Å². The van der Waals surface area contributed by atoms with Crippen LogP contribution in [0.2, 0.25) is 0 Å². The molecule has 47 heavy (non-hydrogen) atoms. The summed E-state index contributed by atoms with van der Waals surface area (Å²) in [6.45, 7) is 5.95. The lowest BCUT2D eigenvalue weighted by atomic mass is 10.1. The Bertz CT molecular complexity index is 620. The number of ether oxygens (including phenoxy) is 3. The zero-order valence-corrected chi connectivity index (χ0v) is 31.3. The Balaban J connectivity index is 4.90. The minimum Gasteiger partial charge on any atom is -0.349 e. The summed E-state index contributed by atoms with van der Waals surface area (Å²) in [6, 6.07) is 0. The average Bonchev–Trinajstić information content (AvgIpc) is 3.08. The van der Waals surface area contributed by atoms with Gasteiger partial charge in [-0.05, 0) is 63.5 Å². The van der Waals surface area contributed by atoms with E-state index in [9.17, 15) is 9.59 Å². The lowest BCUT2D eigenvalue weighted by Gasteiger charge is -2.22. The molecule has 0 saturated carbocycles. The Morgan fingerprint density at radius 3 is 1.02 bits per heavy atom. The largest absolute Gasteiger partial charge is 0.349 e. The fraction of sp³-hybridized carbons (Fsp3) is 0.857. The van der Waals surface area contributed by atoms with Crippen molar-refractivity contribution in [1.29, 1.82) is 0 Å². The molecule has 0 amide bonds. The lowest BCUT2D eigenvalue weighted by molar-refractivity contribution is -0.208. The van der Waals surface area contributed by atoms with Crippen LogP contribution in [-0.4, -0.2) is 38.4 Å². The Morgan fingerprint density at radius 2 is 0.681 bits per heavy atom. The minimum atomic E-state index is -0.404. The van der Waals surface area contributed by atoms with Gasteiger partial charge in [-0.2, -0.15) is 0 Å². The van der Waals surface area contributed by atoms with Crippen LogP contribution in [0.5, 0.6) is 0 Å². The van der Waals surface area contributed by atoms with Gasteiger partial charge in [0.05, 0.1) is 13.2 Å². The van der Waals surface area contributed by atoms with Gasteiger partial charge < -0.3 is 23.8 Å². The molecule has 0 aromatic rings. The van der Waals surface area contributed by atoms with E-state index < -0.39 is 12.6 Å². The van der Waals surface area contributed by atoms with Crippen LogP contribution in [0.25, 0.3) is 0 Å². The Morgan fingerprint density at radius 1 is 0.383 bits per heavy atom. The number of rotatable bonds is 40. The average molecular weight is 663 g/mol. The molecule has 5 heteroatoms. The number of hydrogen-bond donors (Lipinski definition) is 0. The summed E-state index contributed by atoms with van der Waals surface area (Å²) in [4.78, 5) is 21.0. The third-order valence-electron chi connectivity index (χ3n) is 8.80. The lowest BCUT2D eigenvalue weighted by Crippen LogP contribution is -2.25. The summed E-state index contributed by atoms with van der Waals surface area (Å²) in [7, 11) is 0. The summed E-state index contributed by atoms with van der Waals surface area (Å²) < 4.78 is 19.0. The SMILES string of the molecule is CCCCCCCCCCOC(C=CCCCCCCCC=O)OC(C=CCCCCCCCC=O)OCCCCCCCCCC. The third-order valence-corrected chi connectivity index (χ3v) is 8.80. The molecule has 0 fully saturated rings. The summed E-state index contributed by atoms with van der Waals surface area (Å²) in [5.41, 5.74) is 0. The van der Waals surface area contributed by atoms with Crippen molar-refractivity contribution in [3.63, 3.8) is 0 Å².